The van der Waals surface area contributed by atoms with E-state index in [4.69, 9.17) is 4.74 Å². The standard InChI is InChI=1S/C26H26FN3O3/c1-26(2,3)29-25(32)24-21-14-19(27)8-9-22(21)33-16-23(31)30(24)15-18-6-4-5-7-20(18)17-10-12-28-13-11-17/h4-14,24H,15-16H2,1-3H3,(H,29,32). The first-order valence-electron chi connectivity index (χ1n) is 10.7. The number of ether oxygens (including phenoxy) is 1. The molecule has 0 saturated carbocycles. The molecule has 0 aliphatic carbocycles. The molecule has 1 atom stereocenters. The van der Waals surface area contributed by atoms with Gasteiger partial charge in [0.15, 0.2) is 6.61 Å². The molecule has 33 heavy (non-hydrogen) atoms. The van der Waals surface area contributed by atoms with Crippen LogP contribution in [0, 0.1) is 5.82 Å². The van der Waals surface area contributed by atoms with Crippen LogP contribution < -0.4 is 10.1 Å². The van der Waals surface area contributed by atoms with Crippen LogP contribution in [0.2, 0.25) is 0 Å². The molecule has 2 heterocycles. The van der Waals surface area contributed by atoms with Crippen molar-refractivity contribution >= 4 is 11.8 Å². The van der Waals surface area contributed by atoms with E-state index in [2.05, 4.69) is 10.3 Å². The minimum atomic E-state index is -1.05. The number of nitrogens with one attached hydrogen (secondary N) is 1. The second-order valence-corrected chi connectivity index (χ2v) is 9.03. The normalized spacial score (nSPS) is 15.9. The predicted octanol–water partition coefficient (Wildman–Crippen LogP) is 4.26. The van der Waals surface area contributed by atoms with Crippen molar-refractivity contribution in [1.82, 2.24) is 15.2 Å². The number of benzene rings is 2. The molecule has 0 fully saturated rings. The summed E-state index contributed by atoms with van der Waals surface area (Å²) in [5, 5.41) is 2.94. The van der Waals surface area contributed by atoms with Gasteiger partial charge in [0.2, 0.25) is 5.91 Å². The highest BCUT2D eigenvalue weighted by Gasteiger charge is 2.38. The number of carbonyl (C=O) groups is 2. The second kappa shape index (κ2) is 9.02. The van der Waals surface area contributed by atoms with Crippen LogP contribution in [0.5, 0.6) is 5.75 Å². The highest BCUT2D eigenvalue weighted by Crippen LogP contribution is 2.36. The van der Waals surface area contributed by atoms with Gasteiger partial charge in [0.05, 0.1) is 0 Å². The van der Waals surface area contributed by atoms with Gasteiger partial charge in [-0.2, -0.15) is 0 Å². The highest BCUT2D eigenvalue weighted by molar-refractivity contribution is 5.91. The highest BCUT2D eigenvalue weighted by atomic mass is 19.1. The number of pyridine rings is 1. The molecule has 2 aromatic carbocycles. The molecular weight excluding hydrogens is 421 g/mol. The predicted molar refractivity (Wildman–Crippen MR) is 123 cm³/mol. The van der Waals surface area contributed by atoms with Crippen molar-refractivity contribution in [3.63, 3.8) is 0 Å². The largest absolute Gasteiger partial charge is 0.483 e. The van der Waals surface area contributed by atoms with Crippen molar-refractivity contribution < 1.29 is 18.7 Å². The molecule has 0 saturated heterocycles. The van der Waals surface area contributed by atoms with E-state index in [0.29, 0.717) is 11.3 Å². The fraction of sp³-hybridized carbons (Fsp3) is 0.269. The number of fused-ring (bicyclic) bond motifs is 1. The fourth-order valence-corrected chi connectivity index (χ4v) is 3.95. The topological polar surface area (TPSA) is 71.5 Å². The van der Waals surface area contributed by atoms with Gasteiger partial charge in [0.25, 0.3) is 5.91 Å². The molecule has 1 unspecified atom stereocenters. The zero-order chi connectivity index (χ0) is 23.6. The number of hydrogen-bond acceptors (Lipinski definition) is 4. The van der Waals surface area contributed by atoms with Crippen LogP contribution in [-0.2, 0) is 16.1 Å². The summed E-state index contributed by atoms with van der Waals surface area (Å²) in [7, 11) is 0. The Morgan fingerprint density at radius 1 is 1.15 bits per heavy atom. The Labute approximate surface area is 192 Å². The number of amides is 2. The van der Waals surface area contributed by atoms with Crippen LogP contribution in [-0.4, -0.2) is 33.8 Å². The van der Waals surface area contributed by atoms with E-state index in [1.54, 1.807) is 12.4 Å². The molecule has 1 aromatic heterocycles. The van der Waals surface area contributed by atoms with Gasteiger partial charge in [-0.15, -0.1) is 0 Å². The van der Waals surface area contributed by atoms with Gasteiger partial charge >= 0.3 is 0 Å². The number of aromatic nitrogens is 1. The van der Waals surface area contributed by atoms with E-state index in [1.165, 1.54) is 23.1 Å². The molecule has 6 nitrogen and oxygen atoms in total. The van der Waals surface area contributed by atoms with Crippen LogP contribution >= 0.6 is 0 Å². The van der Waals surface area contributed by atoms with Crippen LogP contribution in [0.3, 0.4) is 0 Å². The SMILES string of the molecule is CC(C)(C)NC(=O)C1c2cc(F)ccc2OCC(=O)N1Cc1ccccc1-c1ccncc1. The van der Waals surface area contributed by atoms with Gasteiger partial charge in [-0.05, 0) is 67.8 Å². The lowest BCUT2D eigenvalue weighted by Gasteiger charge is -2.32. The van der Waals surface area contributed by atoms with Gasteiger partial charge in [-0.1, -0.05) is 24.3 Å². The number of carbonyl (C=O) groups excluding carboxylic acids is 2. The summed E-state index contributed by atoms with van der Waals surface area (Å²) in [5.74, 6) is -0.930. The monoisotopic (exact) mass is 447 g/mol. The Kier molecular flexibility index (Phi) is 6.14. The zero-order valence-electron chi connectivity index (χ0n) is 18.8. The van der Waals surface area contributed by atoms with Crippen LogP contribution in [0.1, 0.15) is 37.9 Å². The Morgan fingerprint density at radius 2 is 1.88 bits per heavy atom. The van der Waals surface area contributed by atoms with Gasteiger partial charge < -0.3 is 15.0 Å². The lowest BCUT2D eigenvalue weighted by molar-refractivity contribution is -0.142. The Balaban J connectivity index is 1.80. The Morgan fingerprint density at radius 3 is 2.61 bits per heavy atom. The summed E-state index contributed by atoms with van der Waals surface area (Å²) in [6, 6.07) is 14.4. The number of nitrogens with zero attached hydrogens (tertiary/aromatic N) is 2. The summed E-state index contributed by atoms with van der Waals surface area (Å²) in [6.45, 7) is 5.48. The quantitative estimate of drug-likeness (QED) is 0.649. The number of hydrogen-bond donors (Lipinski definition) is 1. The molecule has 170 valence electrons. The summed E-state index contributed by atoms with van der Waals surface area (Å²) < 4.78 is 19.9. The lowest BCUT2D eigenvalue weighted by atomic mass is 9.97. The van der Waals surface area contributed by atoms with Gasteiger partial charge in [-0.3, -0.25) is 14.6 Å². The van der Waals surface area contributed by atoms with Gasteiger partial charge in [0, 0.05) is 30.0 Å². The molecule has 4 rings (SSSR count). The first-order valence-corrected chi connectivity index (χ1v) is 10.7. The molecule has 7 heteroatoms. The van der Waals surface area contributed by atoms with Crippen molar-refractivity contribution in [2.75, 3.05) is 6.61 Å². The average molecular weight is 448 g/mol. The van der Waals surface area contributed by atoms with Crippen molar-refractivity contribution in [2.45, 2.75) is 38.9 Å². The van der Waals surface area contributed by atoms with E-state index in [0.717, 1.165) is 16.7 Å². The van der Waals surface area contributed by atoms with Crippen molar-refractivity contribution in [1.29, 1.82) is 0 Å². The van der Waals surface area contributed by atoms with Crippen LogP contribution in [0.4, 0.5) is 4.39 Å². The van der Waals surface area contributed by atoms with Crippen LogP contribution in [0.25, 0.3) is 11.1 Å². The van der Waals surface area contributed by atoms with E-state index in [1.807, 2.05) is 57.2 Å². The molecule has 1 N–H and O–H groups in total. The molecule has 0 spiro atoms. The second-order valence-electron chi connectivity index (χ2n) is 9.03. The fourth-order valence-electron chi connectivity index (χ4n) is 3.95. The van der Waals surface area contributed by atoms with Crippen molar-refractivity contribution in [3.05, 3.63) is 83.9 Å². The van der Waals surface area contributed by atoms with Crippen molar-refractivity contribution in [2.24, 2.45) is 0 Å². The molecule has 1 aliphatic heterocycles. The summed E-state index contributed by atoms with van der Waals surface area (Å²) in [4.78, 5) is 32.2. The minimum absolute atomic E-state index is 0.152. The van der Waals surface area contributed by atoms with E-state index in [9.17, 15) is 14.0 Å². The average Bonchev–Trinajstić information content (AvgIpc) is 2.90. The molecule has 2 amide bonds. The third-order valence-electron chi connectivity index (χ3n) is 5.35. The third-order valence-corrected chi connectivity index (χ3v) is 5.35. The lowest BCUT2D eigenvalue weighted by Crippen LogP contribution is -2.49. The molecule has 0 radical (unpaired) electrons. The Bertz CT molecular complexity index is 1170. The first-order chi connectivity index (χ1) is 15.7. The number of rotatable bonds is 4. The maximum atomic E-state index is 14.2. The Hall–Kier alpha value is -3.74. The minimum Gasteiger partial charge on any atom is -0.483 e. The summed E-state index contributed by atoms with van der Waals surface area (Å²) in [6.07, 6.45) is 3.41. The van der Waals surface area contributed by atoms with Crippen LogP contribution in [0.15, 0.2) is 67.0 Å². The van der Waals surface area contributed by atoms with E-state index >= 15 is 0 Å². The first kappa shape index (κ1) is 22.5. The summed E-state index contributed by atoms with van der Waals surface area (Å²) >= 11 is 0. The molecule has 3 aromatic rings. The van der Waals surface area contributed by atoms with E-state index in [-0.39, 0.29) is 19.1 Å². The van der Waals surface area contributed by atoms with Gasteiger partial charge in [0.1, 0.15) is 17.6 Å². The van der Waals surface area contributed by atoms with Gasteiger partial charge in [-0.25, -0.2) is 4.39 Å². The van der Waals surface area contributed by atoms with Crippen molar-refractivity contribution in [3.8, 4) is 16.9 Å². The maximum absolute atomic E-state index is 14.2. The smallest absolute Gasteiger partial charge is 0.261 e. The number of halogens is 1. The molecule has 1 aliphatic rings. The zero-order valence-corrected chi connectivity index (χ0v) is 18.8. The third kappa shape index (κ3) is 5.03. The summed E-state index contributed by atoms with van der Waals surface area (Å²) in [5.41, 5.74) is 2.50. The molecular formula is C26H26FN3O3. The van der Waals surface area contributed by atoms with E-state index < -0.39 is 23.3 Å². The maximum Gasteiger partial charge on any atom is 0.261 e. The molecule has 0 bridgehead atoms.